The second-order valence-corrected chi connectivity index (χ2v) is 16.8. The van der Waals surface area contributed by atoms with Crippen LogP contribution in [0.25, 0.3) is 0 Å². The quantitative estimate of drug-likeness (QED) is 0.301. The SMILES string of the molecule is C=CC1C[C@]1(NC(=O)[C@@H]1C[C@@H]2CN1C(=O)[C@H](C(C)(C)C)NC(=O)OCCCC/C=C\Cc1cc(ccc1OC)NC(=O)O2)C(=O)NS(=O)(=O)C1CC1. The van der Waals surface area contributed by atoms with E-state index in [9.17, 15) is 32.4 Å². The van der Waals surface area contributed by atoms with Gasteiger partial charge in [-0.3, -0.25) is 24.4 Å². The highest BCUT2D eigenvalue weighted by Gasteiger charge is 2.62. The molecule has 2 aliphatic heterocycles. The van der Waals surface area contributed by atoms with E-state index in [1.54, 1.807) is 46.1 Å². The summed E-state index contributed by atoms with van der Waals surface area (Å²) in [5.74, 6) is -2.18. The summed E-state index contributed by atoms with van der Waals surface area (Å²) in [4.78, 5) is 69.1. The van der Waals surface area contributed by atoms with Crippen LogP contribution in [0.1, 0.15) is 71.3 Å². The van der Waals surface area contributed by atoms with Gasteiger partial charge in [0.15, 0.2) is 0 Å². The highest BCUT2D eigenvalue weighted by molar-refractivity contribution is 7.91. The zero-order chi connectivity index (χ0) is 37.8. The van der Waals surface area contributed by atoms with E-state index >= 15 is 0 Å². The lowest BCUT2D eigenvalue weighted by Gasteiger charge is -2.35. The average molecular weight is 744 g/mol. The molecule has 1 saturated heterocycles. The van der Waals surface area contributed by atoms with E-state index in [1.807, 2.05) is 12.2 Å². The Morgan fingerprint density at radius 1 is 1.12 bits per heavy atom. The van der Waals surface area contributed by atoms with Gasteiger partial charge in [0.1, 0.15) is 29.5 Å². The molecular formula is C36H49N5O10S. The maximum Gasteiger partial charge on any atom is 0.411 e. The van der Waals surface area contributed by atoms with Gasteiger partial charge in [0.2, 0.25) is 21.8 Å². The minimum Gasteiger partial charge on any atom is -0.496 e. The lowest BCUT2D eigenvalue weighted by Crippen LogP contribution is -2.60. The topological polar surface area (TPSA) is 199 Å². The van der Waals surface area contributed by atoms with Crippen LogP contribution in [0, 0.1) is 11.3 Å². The summed E-state index contributed by atoms with van der Waals surface area (Å²) in [5, 5.41) is 7.43. The Morgan fingerprint density at radius 2 is 1.87 bits per heavy atom. The second kappa shape index (κ2) is 15.6. The number of allylic oxidation sites excluding steroid dienone is 2. The van der Waals surface area contributed by atoms with Gasteiger partial charge >= 0.3 is 12.2 Å². The molecule has 4 bridgehead atoms. The molecule has 5 atom stereocenters. The van der Waals surface area contributed by atoms with Gasteiger partial charge in [0.05, 0.1) is 25.5 Å². The van der Waals surface area contributed by atoms with Gasteiger partial charge < -0.3 is 29.7 Å². The lowest BCUT2D eigenvalue weighted by molar-refractivity contribution is -0.142. The number of fused-ring (bicyclic) bond motifs is 4. The van der Waals surface area contributed by atoms with Crippen molar-refractivity contribution in [3.8, 4) is 5.75 Å². The summed E-state index contributed by atoms with van der Waals surface area (Å²) in [6.45, 7) is 8.90. The maximum absolute atomic E-state index is 14.3. The Morgan fingerprint density at radius 3 is 2.52 bits per heavy atom. The molecule has 15 nitrogen and oxygen atoms in total. The fraction of sp³-hybridized carbons (Fsp3) is 0.583. The number of carbonyl (C=O) groups is 5. The molecule has 0 radical (unpaired) electrons. The largest absolute Gasteiger partial charge is 0.496 e. The van der Waals surface area contributed by atoms with Gasteiger partial charge in [-0.25, -0.2) is 18.0 Å². The smallest absolute Gasteiger partial charge is 0.411 e. The minimum absolute atomic E-state index is 0.106. The molecule has 4 aliphatic rings. The number of hydrogen-bond acceptors (Lipinski definition) is 10. The van der Waals surface area contributed by atoms with Crippen molar-refractivity contribution in [2.75, 3.05) is 25.6 Å². The molecule has 2 heterocycles. The zero-order valence-corrected chi connectivity index (χ0v) is 30.9. The molecule has 4 N–H and O–H groups in total. The van der Waals surface area contributed by atoms with Crippen molar-refractivity contribution in [1.82, 2.24) is 20.3 Å². The van der Waals surface area contributed by atoms with Crippen molar-refractivity contribution in [3.63, 3.8) is 0 Å². The van der Waals surface area contributed by atoms with Crippen LogP contribution in [0.3, 0.4) is 0 Å². The third kappa shape index (κ3) is 9.06. The number of anilines is 1. The van der Waals surface area contributed by atoms with Crippen molar-refractivity contribution in [3.05, 3.63) is 48.6 Å². The summed E-state index contributed by atoms with van der Waals surface area (Å²) in [6.07, 6.45) is 6.37. The molecule has 1 aromatic rings. The number of carbonyl (C=O) groups excluding carboxylic acids is 5. The number of amides is 5. The first-order valence-electron chi connectivity index (χ1n) is 17.6. The third-order valence-electron chi connectivity index (χ3n) is 9.78. The summed E-state index contributed by atoms with van der Waals surface area (Å²) in [5.41, 5.74) is -1.17. The average Bonchev–Trinajstić information content (AvgIpc) is 4.00. The highest BCUT2D eigenvalue weighted by atomic mass is 32.2. The molecule has 0 spiro atoms. The van der Waals surface area contributed by atoms with Crippen molar-refractivity contribution < 1.29 is 46.6 Å². The summed E-state index contributed by atoms with van der Waals surface area (Å²) >= 11 is 0. The highest BCUT2D eigenvalue weighted by Crippen LogP contribution is 2.45. The Bertz CT molecular complexity index is 1720. The fourth-order valence-electron chi connectivity index (χ4n) is 6.54. The Labute approximate surface area is 304 Å². The normalized spacial score (nSPS) is 28.1. The molecule has 1 aromatic carbocycles. The van der Waals surface area contributed by atoms with Gasteiger partial charge in [-0.05, 0) is 74.1 Å². The third-order valence-corrected chi connectivity index (χ3v) is 11.6. The number of alkyl carbamates (subject to hydrolysis) is 1. The number of hydrogen-bond donors (Lipinski definition) is 4. The zero-order valence-electron chi connectivity index (χ0n) is 30.1. The molecule has 52 heavy (non-hydrogen) atoms. The molecule has 5 amide bonds. The number of methoxy groups -OCH3 is 1. The van der Waals surface area contributed by atoms with Gasteiger partial charge in [0, 0.05) is 18.0 Å². The van der Waals surface area contributed by atoms with Crippen molar-refractivity contribution in [2.24, 2.45) is 11.3 Å². The number of nitrogens with one attached hydrogen (secondary N) is 4. The number of benzene rings is 1. The monoisotopic (exact) mass is 743 g/mol. The summed E-state index contributed by atoms with van der Waals surface area (Å²) in [7, 11) is -2.36. The fourth-order valence-corrected chi connectivity index (χ4v) is 7.90. The van der Waals surface area contributed by atoms with Crippen LogP contribution in [-0.2, 0) is 40.3 Å². The standard InChI is InChI=1S/C36H49N5O10S/c1-6-23-20-36(23,32(44)40-52(47,48)26-14-15-26)39-30(42)27-19-25-21-41(27)31(43)29(35(2,3)4)38-33(45)50-17-11-9-7-8-10-12-22-18-24(37-34(46)51-25)13-16-28(22)49-5/h6,8,10,13,16,18,23,25-27,29H,1,7,9,11-12,14-15,17,19-21H2,2-5H3,(H,37,46)(H,38,45)(H,39,42)(H,40,44)/b10-8-/t23?,25-,27+,29-,36-/m1/s1. The molecule has 2 saturated carbocycles. The van der Waals surface area contributed by atoms with Crippen LogP contribution in [0.2, 0.25) is 0 Å². The maximum atomic E-state index is 14.3. The van der Waals surface area contributed by atoms with Crippen LogP contribution >= 0.6 is 0 Å². The predicted molar refractivity (Wildman–Crippen MR) is 191 cm³/mol. The summed E-state index contributed by atoms with van der Waals surface area (Å²) in [6, 6.07) is 2.77. The Balaban J connectivity index is 1.42. The van der Waals surface area contributed by atoms with Crippen LogP contribution in [0.4, 0.5) is 15.3 Å². The van der Waals surface area contributed by atoms with Crippen molar-refractivity contribution >= 4 is 45.6 Å². The van der Waals surface area contributed by atoms with E-state index in [1.165, 1.54) is 11.0 Å². The minimum atomic E-state index is -3.92. The second-order valence-electron chi connectivity index (χ2n) is 14.9. The van der Waals surface area contributed by atoms with Crippen LogP contribution in [-0.4, -0.2) is 92.5 Å². The van der Waals surface area contributed by atoms with Crippen molar-refractivity contribution in [2.45, 2.75) is 101 Å². The first-order valence-corrected chi connectivity index (χ1v) is 19.2. The van der Waals surface area contributed by atoms with E-state index in [-0.39, 0.29) is 26.0 Å². The molecule has 1 unspecified atom stereocenters. The molecule has 284 valence electrons. The molecule has 3 fully saturated rings. The number of ether oxygens (including phenoxy) is 3. The van der Waals surface area contributed by atoms with Gasteiger partial charge in [0.25, 0.3) is 5.91 Å². The first-order chi connectivity index (χ1) is 24.6. The Kier molecular flexibility index (Phi) is 11.6. The Hall–Kier alpha value is -4.60. The van der Waals surface area contributed by atoms with Crippen LogP contribution in [0.15, 0.2) is 43.0 Å². The molecular weight excluding hydrogens is 694 g/mol. The predicted octanol–water partition coefficient (Wildman–Crippen LogP) is 3.31. The van der Waals surface area contributed by atoms with E-state index < -0.39 is 80.2 Å². The van der Waals surface area contributed by atoms with Crippen molar-refractivity contribution in [1.29, 1.82) is 0 Å². The van der Waals surface area contributed by atoms with E-state index in [0.717, 1.165) is 18.4 Å². The number of rotatable bonds is 7. The van der Waals surface area contributed by atoms with E-state index in [0.29, 0.717) is 37.1 Å². The number of cyclic esters (lactones) is 1. The van der Waals surface area contributed by atoms with Gasteiger partial charge in [-0.15, -0.1) is 6.58 Å². The molecule has 5 rings (SSSR count). The summed E-state index contributed by atoms with van der Waals surface area (Å²) < 4.78 is 44.0. The van der Waals surface area contributed by atoms with E-state index in [2.05, 4.69) is 27.3 Å². The number of nitrogens with zero attached hydrogens (tertiary/aromatic N) is 1. The van der Waals surface area contributed by atoms with Gasteiger partial charge in [-0.1, -0.05) is 39.0 Å². The number of sulfonamides is 1. The first kappa shape index (κ1) is 38.6. The van der Waals surface area contributed by atoms with Gasteiger partial charge in [-0.2, -0.15) is 0 Å². The molecule has 2 aliphatic carbocycles. The lowest BCUT2D eigenvalue weighted by atomic mass is 9.85. The molecule has 16 heteroatoms. The van der Waals surface area contributed by atoms with Crippen LogP contribution < -0.4 is 25.4 Å². The van der Waals surface area contributed by atoms with E-state index in [4.69, 9.17) is 14.2 Å². The molecule has 0 aromatic heterocycles. The van der Waals surface area contributed by atoms with Crippen LogP contribution in [0.5, 0.6) is 5.75 Å².